The highest BCUT2D eigenvalue weighted by Crippen LogP contribution is 2.28. The third-order valence-electron chi connectivity index (χ3n) is 4.16. The van der Waals surface area contributed by atoms with Gasteiger partial charge in [0.05, 0.1) is 5.69 Å². The van der Waals surface area contributed by atoms with Crippen LogP contribution < -0.4 is 16.4 Å². The number of halogens is 1. The van der Waals surface area contributed by atoms with E-state index in [4.69, 9.17) is 17.3 Å². The first kappa shape index (κ1) is 19.2. The summed E-state index contributed by atoms with van der Waals surface area (Å²) >= 11 is 6.03. The second-order valence-corrected chi connectivity index (χ2v) is 7.02. The number of H-pyrrole nitrogens is 1. The average molecular weight is 390 g/mol. The second-order valence-electron chi connectivity index (χ2n) is 6.58. The van der Waals surface area contributed by atoms with Gasteiger partial charge in [-0.1, -0.05) is 25.4 Å². The predicted molar refractivity (Wildman–Crippen MR) is 108 cm³/mol. The molecule has 0 saturated carbocycles. The summed E-state index contributed by atoms with van der Waals surface area (Å²) in [6.45, 7) is 5.79. The Kier molecular flexibility index (Phi) is 5.98. The topological polar surface area (TPSA) is 125 Å². The number of anilines is 2. The van der Waals surface area contributed by atoms with E-state index in [1.54, 1.807) is 18.2 Å². The summed E-state index contributed by atoms with van der Waals surface area (Å²) in [5.41, 5.74) is 8.60. The standard InChI is InChI=1S/C18H24ClN7O/c1-10(2)14-15-16(26-25-14)17(24-18(23-15)21-7-3-6-20)22-9-11-8-12(19)4-5-13(11)27/h4-5,8,10,27H,3,6-7,9,20H2,1-2H3,(H,25,26)(H2,21,22,23,24). The Morgan fingerprint density at radius 2 is 2.04 bits per heavy atom. The lowest BCUT2D eigenvalue weighted by atomic mass is 10.1. The summed E-state index contributed by atoms with van der Waals surface area (Å²) in [5, 5.41) is 24.5. The number of hydrogen-bond acceptors (Lipinski definition) is 7. The molecule has 0 bridgehead atoms. The third kappa shape index (κ3) is 4.40. The van der Waals surface area contributed by atoms with Crippen LogP contribution in [-0.2, 0) is 6.54 Å². The number of phenols is 1. The molecule has 0 radical (unpaired) electrons. The second kappa shape index (κ2) is 8.41. The first-order valence-corrected chi connectivity index (χ1v) is 9.28. The smallest absolute Gasteiger partial charge is 0.225 e. The highest BCUT2D eigenvalue weighted by atomic mass is 35.5. The zero-order valence-electron chi connectivity index (χ0n) is 15.4. The van der Waals surface area contributed by atoms with Crippen molar-refractivity contribution in [2.24, 2.45) is 5.73 Å². The van der Waals surface area contributed by atoms with Gasteiger partial charge in [-0.05, 0) is 37.1 Å². The summed E-state index contributed by atoms with van der Waals surface area (Å²) in [4.78, 5) is 9.15. The molecule has 0 saturated heterocycles. The SMILES string of the molecule is CC(C)c1[nH]nc2c(NCc3cc(Cl)ccc3O)nc(NCCCN)nc12. The van der Waals surface area contributed by atoms with Crippen LogP contribution in [0.1, 0.15) is 37.4 Å². The Bertz CT molecular complexity index is 925. The zero-order chi connectivity index (χ0) is 19.4. The van der Waals surface area contributed by atoms with E-state index >= 15 is 0 Å². The van der Waals surface area contributed by atoms with Crippen molar-refractivity contribution in [3.63, 3.8) is 0 Å². The highest BCUT2D eigenvalue weighted by molar-refractivity contribution is 6.30. The summed E-state index contributed by atoms with van der Waals surface area (Å²) in [6.07, 6.45) is 0.822. The molecule has 144 valence electrons. The van der Waals surface area contributed by atoms with Gasteiger partial charge in [-0.15, -0.1) is 0 Å². The molecule has 6 N–H and O–H groups in total. The van der Waals surface area contributed by atoms with Crippen LogP contribution in [-0.4, -0.2) is 38.4 Å². The van der Waals surface area contributed by atoms with Gasteiger partial charge in [-0.2, -0.15) is 10.1 Å². The van der Waals surface area contributed by atoms with Crippen LogP contribution in [0, 0.1) is 0 Å². The lowest BCUT2D eigenvalue weighted by Crippen LogP contribution is -2.12. The van der Waals surface area contributed by atoms with Crippen molar-refractivity contribution in [2.45, 2.75) is 32.7 Å². The summed E-state index contributed by atoms with van der Waals surface area (Å²) in [5.74, 6) is 1.50. The number of nitrogens with zero attached hydrogens (tertiary/aromatic N) is 3. The van der Waals surface area contributed by atoms with Crippen LogP contribution in [0.15, 0.2) is 18.2 Å². The lowest BCUT2D eigenvalue weighted by Gasteiger charge is -2.11. The van der Waals surface area contributed by atoms with E-state index in [1.807, 2.05) is 0 Å². The molecule has 9 heteroatoms. The number of phenolic OH excluding ortho intramolecular Hbond substituents is 1. The number of aromatic amines is 1. The zero-order valence-corrected chi connectivity index (χ0v) is 16.1. The molecule has 2 heterocycles. The Labute approximate surface area is 162 Å². The van der Waals surface area contributed by atoms with Crippen LogP contribution in [0.25, 0.3) is 11.0 Å². The largest absolute Gasteiger partial charge is 0.508 e. The first-order chi connectivity index (χ1) is 13.0. The maximum Gasteiger partial charge on any atom is 0.225 e. The van der Waals surface area contributed by atoms with Crippen LogP contribution in [0.5, 0.6) is 5.75 Å². The monoisotopic (exact) mass is 389 g/mol. The number of nitrogens with two attached hydrogens (primary N) is 1. The molecule has 8 nitrogen and oxygen atoms in total. The number of fused-ring (bicyclic) bond motifs is 1. The van der Waals surface area contributed by atoms with E-state index in [2.05, 4.69) is 44.6 Å². The molecule has 3 aromatic rings. The number of aromatic nitrogens is 4. The Morgan fingerprint density at radius 1 is 1.22 bits per heavy atom. The van der Waals surface area contributed by atoms with E-state index in [-0.39, 0.29) is 11.7 Å². The van der Waals surface area contributed by atoms with Gasteiger partial charge in [0.1, 0.15) is 11.3 Å². The molecule has 0 amide bonds. The van der Waals surface area contributed by atoms with E-state index in [1.165, 1.54) is 0 Å². The van der Waals surface area contributed by atoms with Crippen molar-refractivity contribution in [1.29, 1.82) is 0 Å². The fourth-order valence-electron chi connectivity index (χ4n) is 2.70. The van der Waals surface area contributed by atoms with E-state index in [9.17, 15) is 5.11 Å². The van der Waals surface area contributed by atoms with Crippen molar-refractivity contribution in [1.82, 2.24) is 20.2 Å². The number of rotatable bonds is 8. The number of hydrogen-bond donors (Lipinski definition) is 5. The van der Waals surface area contributed by atoms with Crippen molar-refractivity contribution >= 4 is 34.4 Å². The number of nitrogens with one attached hydrogen (secondary N) is 3. The van der Waals surface area contributed by atoms with Crippen molar-refractivity contribution in [2.75, 3.05) is 23.7 Å². The van der Waals surface area contributed by atoms with Gasteiger partial charge in [0.2, 0.25) is 5.95 Å². The van der Waals surface area contributed by atoms with E-state index in [0.717, 1.165) is 17.6 Å². The van der Waals surface area contributed by atoms with Crippen molar-refractivity contribution in [3.8, 4) is 5.75 Å². The Balaban J connectivity index is 1.93. The Morgan fingerprint density at radius 3 is 2.78 bits per heavy atom. The predicted octanol–water partition coefficient (Wildman–Crippen LogP) is 3.21. The molecule has 2 aromatic heterocycles. The molecular formula is C18H24ClN7O. The fourth-order valence-corrected chi connectivity index (χ4v) is 2.89. The Hall–Kier alpha value is -2.58. The minimum absolute atomic E-state index is 0.170. The minimum atomic E-state index is 0.170. The summed E-state index contributed by atoms with van der Waals surface area (Å²) in [6, 6.07) is 4.93. The maximum atomic E-state index is 10.0. The maximum absolute atomic E-state index is 10.0. The molecule has 0 aliphatic rings. The molecule has 1 aromatic carbocycles. The van der Waals surface area contributed by atoms with Crippen LogP contribution >= 0.6 is 11.6 Å². The number of benzene rings is 1. The molecule has 0 aliphatic carbocycles. The highest BCUT2D eigenvalue weighted by Gasteiger charge is 2.17. The molecule has 0 fully saturated rings. The quantitative estimate of drug-likeness (QED) is 0.374. The van der Waals surface area contributed by atoms with Crippen LogP contribution in [0.4, 0.5) is 11.8 Å². The van der Waals surface area contributed by atoms with Gasteiger partial charge >= 0.3 is 0 Å². The summed E-state index contributed by atoms with van der Waals surface area (Å²) in [7, 11) is 0. The molecular weight excluding hydrogens is 366 g/mol. The molecule has 3 rings (SSSR count). The van der Waals surface area contributed by atoms with Crippen LogP contribution in [0.2, 0.25) is 5.02 Å². The normalized spacial score (nSPS) is 11.3. The summed E-state index contributed by atoms with van der Waals surface area (Å²) < 4.78 is 0. The van der Waals surface area contributed by atoms with Gasteiger partial charge < -0.3 is 21.5 Å². The van der Waals surface area contributed by atoms with Gasteiger partial charge in [0, 0.05) is 23.7 Å². The van der Waals surface area contributed by atoms with Gasteiger partial charge in [0.25, 0.3) is 0 Å². The minimum Gasteiger partial charge on any atom is -0.508 e. The van der Waals surface area contributed by atoms with Crippen molar-refractivity contribution in [3.05, 3.63) is 34.5 Å². The molecule has 0 spiro atoms. The van der Waals surface area contributed by atoms with Crippen molar-refractivity contribution < 1.29 is 5.11 Å². The third-order valence-corrected chi connectivity index (χ3v) is 4.39. The van der Waals surface area contributed by atoms with Crippen LogP contribution in [0.3, 0.4) is 0 Å². The lowest BCUT2D eigenvalue weighted by molar-refractivity contribution is 0.469. The molecule has 0 atom stereocenters. The van der Waals surface area contributed by atoms with Gasteiger partial charge in [-0.25, -0.2) is 4.98 Å². The number of aromatic hydroxyl groups is 1. The average Bonchev–Trinajstić information content (AvgIpc) is 3.07. The molecule has 0 aliphatic heterocycles. The van der Waals surface area contributed by atoms with E-state index < -0.39 is 0 Å². The molecule has 27 heavy (non-hydrogen) atoms. The molecule has 0 unspecified atom stereocenters. The van der Waals surface area contributed by atoms with Gasteiger partial charge in [-0.3, -0.25) is 5.10 Å². The fraction of sp³-hybridized carbons (Fsp3) is 0.389. The first-order valence-electron chi connectivity index (χ1n) is 8.90. The van der Waals surface area contributed by atoms with E-state index in [0.29, 0.717) is 47.5 Å². The van der Waals surface area contributed by atoms with Gasteiger partial charge in [0.15, 0.2) is 11.3 Å².